The highest BCUT2D eigenvalue weighted by atomic mass is 19.2. The summed E-state index contributed by atoms with van der Waals surface area (Å²) >= 11 is 0. The van der Waals surface area contributed by atoms with Gasteiger partial charge < -0.3 is 4.52 Å². The molecule has 0 radical (unpaired) electrons. The molecule has 2 aliphatic heterocycles. The lowest BCUT2D eigenvalue weighted by molar-refractivity contribution is 0.372. The van der Waals surface area contributed by atoms with Gasteiger partial charge in [-0.05, 0) is 12.1 Å². The van der Waals surface area contributed by atoms with Gasteiger partial charge in [-0.3, -0.25) is 4.68 Å². The summed E-state index contributed by atoms with van der Waals surface area (Å²) in [7, 11) is 0. The maximum Gasteiger partial charge on any atom is 0.169 e. The second kappa shape index (κ2) is 6.90. The van der Waals surface area contributed by atoms with Gasteiger partial charge in [-0.15, -0.1) is 0 Å². The van der Waals surface area contributed by atoms with Crippen molar-refractivity contribution in [2.24, 2.45) is 0 Å². The monoisotopic (exact) mass is 389 g/mol. The van der Waals surface area contributed by atoms with E-state index in [1.165, 1.54) is 18.3 Å². The maximum atomic E-state index is 14.0. The summed E-state index contributed by atoms with van der Waals surface area (Å²) in [6.45, 7) is 0.340. The quantitative estimate of drug-likeness (QED) is 0.455. The molecule has 0 N–H and O–H groups in total. The Kier molecular flexibility index (Phi) is 4.09. The Labute approximate surface area is 163 Å². The number of imidazole rings is 1. The molecule has 0 saturated carbocycles. The molecule has 6 nitrogen and oxygen atoms in total. The van der Waals surface area contributed by atoms with E-state index in [1.54, 1.807) is 10.9 Å². The van der Waals surface area contributed by atoms with Gasteiger partial charge >= 0.3 is 0 Å². The third-order valence-corrected chi connectivity index (χ3v) is 4.45. The highest BCUT2D eigenvalue weighted by molar-refractivity contribution is 5.65. The lowest BCUT2D eigenvalue weighted by Gasteiger charge is -2.03. The highest BCUT2D eigenvalue weighted by Gasteiger charge is 2.18. The van der Waals surface area contributed by atoms with Crippen molar-refractivity contribution >= 4 is 0 Å². The van der Waals surface area contributed by atoms with Gasteiger partial charge in [0, 0.05) is 11.6 Å². The Bertz CT molecular complexity index is 1270. The van der Waals surface area contributed by atoms with Crippen LogP contribution in [0.4, 0.5) is 8.78 Å². The van der Waals surface area contributed by atoms with E-state index in [0.29, 0.717) is 23.7 Å². The average molecular weight is 389 g/mol. The Balaban J connectivity index is 1.43. The number of nitrogens with zero attached hydrogens (tertiary/aromatic N) is 5. The van der Waals surface area contributed by atoms with Gasteiger partial charge in [0.15, 0.2) is 23.2 Å². The summed E-state index contributed by atoms with van der Waals surface area (Å²) in [5.74, 6) is -1.18. The summed E-state index contributed by atoms with van der Waals surface area (Å²) in [5, 5.41) is 8.38. The minimum Gasteiger partial charge on any atom is -0.359 e. The fraction of sp³-hybridized carbons (Fsp3) is 0.0476. The molecule has 29 heavy (non-hydrogen) atoms. The van der Waals surface area contributed by atoms with Crippen LogP contribution in [0.2, 0.25) is 0 Å². The van der Waals surface area contributed by atoms with Crippen LogP contribution in [0, 0.1) is 11.6 Å². The predicted molar refractivity (Wildman–Crippen MR) is 101 cm³/mol. The first kappa shape index (κ1) is 17.2. The van der Waals surface area contributed by atoms with Crippen molar-refractivity contribution in [3.8, 4) is 34.0 Å². The number of fused-ring (bicyclic) bond motifs is 1. The van der Waals surface area contributed by atoms with E-state index in [1.807, 2.05) is 36.4 Å². The molecule has 8 heteroatoms. The van der Waals surface area contributed by atoms with Gasteiger partial charge in [-0.2, -0.15) is 5.10 Å². The van der Waals surface area contributed by atoms with E-state index >= 15 is 0 Å². The van der Waals surface area contributed by atoms with Crippen molar-refractivity contribution in [3.05, 3.63) is 84.4 Å². The second-order valence-electron chi connectivity index (χ2n) is 6.43. The summed E-state index contributed by atoms with van der Waals surface area (Å²) < 4.78 is 34.5. The van der Waals surface area contributed by atoms with Crippen LogP contribution in [-0.2, 0) is 6.54 Å². The van der Waals surface area contributed by atoms with Gasteiger partial charge in [-0.1, -0.05) is 41.6 Å². The predicted octanol–water partition coefficient (Wildman–Crippen LogP) is 4.43. The van der Waals surface area contributed by atoms with Crippen LogP contribution in [0.5, 0.6) is 0 Å². The normalized spacial score (nSPS) is 11.2. The van der Waals surface area contributed by atoms with Crippen molar-refractivity contribution < 1.29 is 13.3 Å². The molecule has 3 aromatic rings. The van der Waals surface area contributed by atoms with Gasteiger partial charge in [-0.25, -0.2) is 18.7 Å². The molecule has 0 amide bonds. The maximum absolute atomic E-state index is 14.0. The molecule has 0 bridgehead atoms. The first-order chi connectivity index (χ1) is 14.2. The molecule has 142 valence electrons. The van der Waals surface area contributed by atoms with Crippen LogP contribution < -0.4 is 0 Å². The smallest absolute Gasteiger partial charge is 0.169 e. The van der Waals surface area contributed by atoms with Gasteiger partial charge in [0.05, 0.1) is 18.0 Å². The van der Waals surface area contributed by atoms with Gasteiger partial charge in [0.2, 0.25) is 0 Å². The standard InChI is InChI=1S/C21H13F2N5O/c22-16-8-4-7-15(20(16)23)21-25-18-10-24-28(12-19(18)26-21)11-14-9-17(27-29-14)13-5-2-1-3-6-13/h1-10,12H,11H2. The minimum absolute atomic E-state index is 0.00971. The van der Waals surface area contributed by atoms with E-state index in [0.717, 1.165) is 17.3 Å². The number of benzene rings is 2. The summed E-state index contributed by atoms with van der Waals surface area (Å²) in [6.07, 6.45) is 3.20. The van der Waals surface area contributed by atoms with Crippen molar-refractivity contribution in [2.45, 2.75) is 6.54 Å². The Morgan fingerprint density at radius 3 is 2.59 bits per heavy atom. The summed E-state index contributed by atoms with van der Waals surface area (Å²) in [6, 6.07) is 15.5. The molecule has 0 unspecified atom stereocenters. The van der Waals surface area contributed by atoms with Crippen LogP contribution in [0.15, 0.2) is 71.5 Å². The van der Waals surface area contributed by atoms with Crippen LogP contribution in [0.1, 0.15) is 5.76 Å². The molecule has 0 saturated heterocycles. The fourth-order valence-electron chi connectivity index (χ4n) is 3.04. The molecule has 5 rings (SSSR count). The van der Waals surface area contributed by atoms with Crippen molar-refractivity contribution in [2.75, 3.05) is 0 Å². The molecule has 0 atom stereocenters. The molecule has 0 fully saturated rings. The van der Waals surface area contributed by atoms with E-state index in [9.17, 15) is 8.78 Å². The summed E-state index contributed by atoms with van der Waals surface area (Å²) in [4.78, 5) is 8.56. The first-order valence-corrected chi connectivity index (χ1v) is 8.83. The zero-order valence-corrected chi connectivity index (χ0v) is 15.0. The molecule has 2 aromatic carbocycles. The van der Waals surface area contributed by atoms with Crippen molar-refractivity contribution in [3.63, 3.8) is 0 Å². The van der Waals surface area contributed by atoms with Gasteiger partial charge in [0.1, 0.15) is 23.6 Å². The first-order valence-electron chi connectivity index (χ1n) is 8.83. The SMILES string of the molecule is Fc1cccc(-c2nc3cnn(Cc4cc(-c5ccccc5)no4)cc-3n2)c1F. The molecular formula is C21H13F2N5O. The van der Waals surface area contributed by atoms with Gasteiger partial charge in [0.25, 0.3) is 0 Å². The van der Waals surface area contributed by atoms with E-state index in [2.05, 4.69) is 20.2 Å². The Morgan fingerprint density at radius 1 is 0.897 bits per heavy atom. The zero-order chi connectivity index (χ0) is 19.8. The van der Waals surface area contributed by atoms with Crippen molar-refractivity contribution in [1.29, 1.82) is 0 Å². The molecule has 0 aliphatic carbocycles. The van der Waals surface area contributed by atoms with Crippen LogP contribution in [0.3, 0.4) is 0 Å². The largest absolute Gasteiger partial charge is 0.359 e. The third kappa shape index (κ3) is 3.25. The minimum atomic E-state index is -0.973. The lowest BCUT2D eigenvalue weighted by Crippen LogP contribution is -2.04. The molecule has 3 heterocycles. The van der Waals surface area contributed by atoms with E-state index < -0.39 is 11.6 Å². The van der Waals surface area contributed by atoms with E-state index in [-0.39, 0.29) is 11.4 Å². The fourth-order valence-corrected chi connectivity index (χ4v) is 3.04. The van der Waals surface area contributed by atoms with Crippen molar-refractivity contribution in [1.82, 2.24) is 24.9 Å². The molecular weight excluding hydrogens is 376 g/mol. The highest BCUT2D eigenvalue weighted by Crippen LogP contribution is 2.27. The number of hydrogen-bond donors (Lipinski definition) is 0. The van der Waals surface area contributed by atoms with Crippen LogP contribution >= 0.6 is 0 Å². The van der Waals surface area contributed by atoms with Crippen LogP contribution in [-0.4, -0.2) is 24.9 Å². The van der Waals surface area contributed by atoms with Crippen LogP contribution in [0.25, 0.3) is 34.0 Å². The zero-order valence-electron chi connectivity index (χ0n) is 15.0. The van der Waals surface area contributed by atoms with E-state index in [4.69, 9.17) is 4.52 Å². The average Bonchev–Trinajstić information content (AvgIpc) is 3.37. The second-order valence-corrected chi connectivity index (χ2v) is 6.43. The third-order valence-electron chi connectivity index (χ3n) is 4.45. The topological polar surface area (TPSA) is 69.6 Å². The Hall–Kier alpha value is -3.94. The molecule has 0 spiro atoms. The number of halogens is 2. The number of aromatic nitrogens is 5. The Morgan fingerprint density at radius 2 is 1.72 bits per heavy atom. The molecule has 1 aromatic heterocycles. The molecule has 2 aliphatic rings. The summed E-state index contributed by atoms with van der Waals surface area (Å²) in [5.41, 5.74) is 2.71. The lowest BCUT2D eigenvalue weighted by atomic mass is 10.1. The number of rotatable bonds is 4. The number of hydrogen-bond acceptors (Lipinski definition) is 5.